The van der Waals surface area contributed by atoms with Crippen molar-refractivity contribution < 1.29 is 0 Å². The Morgan fingerprint density at radius 2 is 1.29 bits per heavy atom. The van der Waals surface area contributed by atoms with E-state index in [0.717, 1.165) is 50.8 Å². The standard InChI is InChI=1S/C37H26N4/c1-25-13-3-2-4-15-30-29-18-8-12-22-34(29)41(37-38-24-26-14-5-9-19-31(26)39-37)36(30)23-35(25)40-32-20-10-6-16-27(32)28-17-7-11-21-33(28)40/h2-14,16-24H,1,15H2/b4-2-,13-3-,35-23?. The van der Waals surface area contributed by atoms with Crippen LogP contribution in [0.4, 0.5) is 0 Å². The van der Waals surface area contributed by atoms with Gasteiger partial charge in [-0.1, -0.05) is 104 Å². The molecule has 8 rings (SSSR count). The van der Waals surface area contributed by atoms with E-state index in [1.54, 1.807) is 0 Å². The van der Waals surface area contributed by atoms with Crippen LogP contribution in [0.2, 0.25) is 0 Å². The molecule has 1 aliphatic carbocycles. The number of nitrogens with zero attached hydrogens (tertiary/aromatic N) is 4. The molecule has 0 aliphatic heterocycles. The van der Waals surface area contributed by atoms with Gasteiger partial charge >= 0.3 is 0 Å². The van der Waals surface area contributed by atoms with Crippen molar-refractivity contribution >= 4 is 55.4 Å². The maximum atomic E-state index is 5.04. The third-order valence-electron chi connectivity index (χ3n) is 7.99. The summed E-state index contributed by atoms with van der Waals surface area (Å²) in [5.74, 6) is 0.654. The number of hydrogen-bond acceptors (Lipinski definition) is 2. The summed E-state index contributed by atoms with van der Waals surface area (Å²) in [5, 5.41) is 4.65. The van der Waals surface area contributed by atoms with Crippen molar-refractivity contribution in [2.45, 2.75) is 6.42 Å². The molecule has 41 heavy (non-hydrogen) atoms. The monoisotopic (exact) mass is 526 g/mol. The van der Waals surface area contributed by atoms with Crippen LogP contribution >= 0.6 is 0 Å². The first-order valence-corrected chi connectivity index (χ1v) is 13.9. The van der Waals surface area contributed by atoms with Crippen LogP contribution in [0, 0.1) is 0 Å². The Balaban J connectivity index is 1.51. The van der Waals surface area contributed by atoms with E-state index in [4.69, 9.17) is 9.97 Å². The fourth-order valence-corrected chi connectivity index (χ4v) is 6.11. The zero-order valence-electron chi connectivity index (χ0n) is 22.4. The predicted octanol–water partition coefficient (Wildman–Crippen LogP) is 8.90. The van der Waals surface area contributed by atoms with Crippen LogP contribution < -0.4 is 0 Å². The van der Waals surface area contributed by atoms with E-state index in [1.807, 2.05) is 30.5 Å². The van der Waals surface area contributed by atoms with E-state index in [2.05, 4.69) is 119 Å². The molecule has 7 aromatic rings. The maximum absolute atomic E-state index is 5.04. The van der Waals surface area contributed by atoms with Gasteiger partial charge in [0.2, 0.25) is 5.95 Å². The first-order chi connectivity index (χ1) is 20.3. The third kappa shape index (κ3) is 3.69. The number of hydrogen-bond donors (Lipinski definition) is 0. The van der Waals surface area contributed by atoms with Crippen LogP contribution in [0.15, 0.2) is 140 Å². The van der Waals surface area contributed by atoms with E-state index in [9.17, 15) is 0 Å². The molecule has 0 saturated heterocycles. The highest BCUT2D eigenvalue weighted by Crippen LogP contribution is 2.37. The lowest BCUT2D eigenvalue weighted by Crippen LogP contribution is -2.06. The molecule has 4 aromatic carbocycles. The number of fused-ring (bicyclic) bond motifs is 7. The van der Waals surface area contributed by atoms with Crippen molar-refractivity contribution in [2.75, 3.05) is 0 Å². The molecule has 0 radical (unpaired) electrons. The molecule has 3 heterocycles. The average molecular weight is 527 g/mol. The van der Waals surface area contributed by atoms with Crippen LogP contribution in [0.1, 0.15) is 11.3 Å². The zero-order chi connectivity index (χ0) is 27.3. The molecule has 0 amide bonds. The molecule has 0 unspecified atom stereocenters. The molecule has 0 fully saturated rings. The Labute approximate surface area is 237 Å². The van der Waals surface area contributed by atoms with Gasteiger partial charge in [-0.3, -0.25) is 4.57 Å². The SMILES string of the molecule is C=C1/C=C\C=C/Cc2c(n(-c3ncc4ccccc4n3)c3ccccc23)C=C1n1c2ccccc2c2ccccc21. The van der Waals surface area contributed by atoms with E-state index >= 15 is 0 Å². The maximum Gasteiger partial charge on any atom is 0.235 e. The molecule has 0 atom stereocenters. The number of aromatic nitrogens is 4. The minimum atomic E-state index is 0.654. The summed E-state index contributed by atoms with van der Waals surface area (Å²) in [6.45, 7) is 4.56. The molecule has 1 aliphatic rings. The quantitative estimate of drug-likeness (QED) is 0.225. The van der Waals surface area contributed by atoms with Crippen molar-refractivity contribution in [2.24, 2.45) is 0 Å². The van der Waals surface area contributed by atoms with Gasteiger partial charge in [-0.05, 0) is 47.9 Å². The second kappa shape index (κ2) is 9.32. The fraction of sp³-hybridized carbons (Fsp3) is 0.0270. The van der Waals surface area contributed by atoms with E-state index in [1.165, 1.54) is 21.7 Å². The van der Waals surface area contributed by atoms with Crippen LogP contribution in [0.25, 0.3) is 61.3 Å². The molecule has 4 nitrogen and oxygen atoms in total. The van der Waals surface area contributed by atoms with Gasteiger partial charge in [0.05, 0.1) is 33.5 Å². The average Bonchev–Trinajstić information content (AvgIpc) is 3.52. The van der Waals surface area contributed by atoms with Crippen LogP contribution in [0.5, 0.6) is 0 Å². The second-order valence-electron chi connectivity index (χ2n) is 10.4. The number of benzene rings is 4. The Bertz CT molecular complexity index is 2200. The smallest absolute Gasteiger partial charge is 0.235 e. The second-order valence-corrected chi connectivity index (χ2v) is 10.4. The fourth-order valence-electron chi connectivity index (χ4n) is 6.11. The highest BCUT2D eigenvalue weighted by atomic mass is 15.2. The molecular weight excluding hydrogens is 500 g/mol. The lowest BCUT2D eigenvalue weighted by Gasteiger charge is -2.16. The summed E-state index contributed by atoms with van der Waals surface area (Å²) in [6, 6.07) is 33.9. The van der Waals surface area contributed by atoms with Crippen molar-refractivity contribution in [3.8, 4) is 5.95 Å². The van der Waals surface area contributed by atoms with Gasteiger partial charge in [-0.2, -0.15) is 0 Å². The van der Waals surface area contributed by atoms with E-state index in [-0.39, 0.29) is 0 Å². The largest absolute Gasteiger partial charge is 0.309 e. The van der Waals surface area contributed by atoms with E-state index < -0.39 is 0 Å². The summed E-state index contributed by atoms with van der Waals surface area (Å²) >= 11 is 0. The molecule has 4 heteroatoms. The van der Waals surface area contributed by atoms with Gasteiger partial charge in [-0.15, -0.1) is 0 Å². The molecule has 0 bridgehead atoms. The van der Waals surface area contributed by atoms with Gasteiger partial charge < -0.3 is 4.57 Å². The molecule has 0 saturated carbocycles. The summed E-state index contributed by atoms with van der Waals surface area (Å²) in [5.41, 5.74) is 8.51. The predicted molar refractivity (Wildman–Crippen MR) is 171 cm³/mol. The van der Waals surface area contributed by atoms with Gasteiger partial charge in [-0.25, -0.2) is 9.97 Å². The molecular formula is C37H26N4. The van der Waals surface area contributed by atoms with Gasteiger partial charge in [0.15, 0.2) is 0 Å². The summed E-state index contributed by atoms with van der Waals surface area (Å²) in [7, 11) is 0. The Kier molecular flexibility index (Phi) is 5.32. The van der Waals surface area contributed by atoms with Gasteiger partial charge in [0.25, 0.3) is 0 Å². The van der Waals surface area contributed by atoms with Crippen molar-refractivity contribution in [3.05, 3.63) is 151 Å². The lowest BCUT2D eigenvalue weighted by atomic mass is 10.0. The minimum Gasteiger partial charge on any atom is -0.309 e. The third-order valence-corrected chi connectivity index (χ3v) is 7.99. The van der Waals surface area contributed by atoms with Gasteiger partial charge in [0, 0.05) is 27.7 Å². The Morgan fingerprint density at radius 3 is 2.05 bits per heavy atom. The van der Waals surface area contributed by atoms with Crippen molar-refractivity contribution in [1.29, 1.82) is 0 Å². The summed E-state index contributed by atoms with van der Waals surface area (Å²) in [4.78, 5) is 9.91. The molecule has 0 N–H and O–H groups in total. The number of allylic oxidation sites excluding steroid dienone is 6. The zero-order valence-corrected chi connectivity index (χ0v) is 22.4. The molecule has 3 aromatic heterocycles. The normalized spacial score (nSPS) is 15.3. The Morgan fingerprint density at radius 1 is 0.659 bits per heavy atom. The minimum absolute atomic E-state index is 0.654. The molecule has 194 valence electrons. The number of para-hydroxylation sites is 4. The first kappa shape index (κ1) is 23.4. The summed E-state index contributed by atoms with van der Waals surface area (Å²) < 4.78 is 4.55. The van der Waals surface area contributed by atoms with Crippen LogP contribution in [-0.2, 0) is 6.42 Å². The Hall–Kier alpha value is -5.48. The highest BCUT2D eigenvalue weighted by Gasteiger charge is 2.21. The van der Waals surface area contributed by atoms with Gasteiger partial charge in [0.1, 0.15) is 0 Å². The van der Waals surface area contributed by atoms with E-state index in [0.29, 0.717) is 5.95 Å². The van der Waals surface area contributed by atoms with Crippen LogP contribution in [-0.4, -0.2) is 19.1 Å². The van der Waals surface area contributed by atoms with Crippen molar-refractivity contribution in [1.82, 2.24) is 19.1 Å². The number of rotatable bonds is 2. The summed E-state index contributed by atoms with van der Waals surface area (Å²) in [6.07, 6.45) is 13.5. The molecule has 0 spiro atoms. The van der Waals surface area contributed by atoms with Crippen LogP contribution in [0.3, 0.4) is 0 Å². The first-order valence-electron chi connectivity index (χ1n) is 13.9. The van der Waals surface area contributed by atoms with Crippen molar-refractivity contribution in [3.63, 3.8) is 0 Å². The lowest BCUT2D eigenvalue weighted by molar-refractivity contribution is 0.962. The topological polar surface area (TPSA) is 35.6 Å². The highest BCUT2D eigenvalue weighted by molar-refractivity contribution is 6.12.